The Hall–Kier alpha value is -1.55. The van der Waals surface area contributed by atoms with Gasteiger partial charge in [-0.1, -0.05) is 41.9 Å². The van der Waals surface area contributed by atoms with Crippen LogP contribution in [0, 0.1) is 5.82 Å². The van der Waals surface area contributed by atoms with Crippen molar-refractivity contribution < 1.29 is 4.39 Å². The van der Waals surface area contributed by atoms with Gasteiger partial charge in [-0.15, -0.1) is 0 Å². The van der Waals surface area contributed by atoms with Crippen molar-refractivity contribution in [3.8, 4) is 0 Å². The molecule has 0 unspecified atom stereocenters. The Bertz CT molecular complexity index is 611. The van der Waals surface area contributed by atoms with Crippen molar-refractivity contribution >= 4 is 27.3 Å². The van der Waals surface area contributed by atoms with Crippen molar-refractivity contribution in [2.24, 2.45) is 0 Å². The van der Waals surface area contributed by atoms with E-state index in [1.165, 1.54) is 6.07 Å². The molecule has 0 aliphatic heterocycles. The number of rotatable bonds is 4. The van der Waals surface area contributed by atoms with E-state index in [1.54, 1.807) is 6.07 Å². The number of nitrogens with two attached hydrogens (primary N) is 1. The average Bonchev–Trinajstić information content (AvgIpc) is 2.40. The van der Waals surface area contributed by atoms with Crippen molar-refractivity contribution in [3.63, 3.8) is 0 Å². The summed E-state index contributed by atoms with van der Waals surface area (Å²) in [6.45, 7) is 4.60. The minimum absolute atomic E-state index is 0.193. The molecule has 0 aliphatic rings. The Balaban J connectivity index is 2.19. The molecule has 0 heterocycles. The third kappa shape index (κ3) is 3.31. The van der Waals surface area contributed by atoms with Crippen LogP contribution in [0.2, 0.25) is 0 Å². The van der Waals surface area contributed by atoms with Crippen molar-refractivity contribution in [2.45, 2.75) is 19.3 Å². The van der Waals surface area contributed by atoms with Crippen LogP contribution in [-0.2, 0) is 5.41 Å². The second kappa shape index (κ2) is 5.83. The van der Waals surface area contributed by atoms with Crippen LogP contribution in [0.1, 0.15) is 19.4 Å². The molecular formula is C16H18BrFN2. The summed E-state index contributed by atoms with van der Waals surface area (Å²) in [5, 5.41) is 3.29. The molecule has 0 saturated heterocycles. The van der Waals surface area contributed by atoms with Crippen molar-refractivity contribution in [1.29, 1.82) is 0 Å². The number of benzene rings is 2. The van der Waals surface area contributed by atoms with Crippen LogP contribution in [0.3, 0.4) is 0 Å². The average molecular weight is 337 g/mol. The van der Waals surface area contributed by atoms with Crippen LogP contribution in [-0.4, -0.2) is 6.54 Å². The van der Waals surface area contributed by atoms with E-state index in [1.807, 2.05) is 44.2 Å². The second-order valence-electron chi connectivity index (χ2n) is 5.45. The molecule has 0 aliphatic carbocycles. The summed E-state index contributed by atoms with van der Waals surface area (Å²) in [6, 6.07) is 12.6. The summed E-state index contributed by atoms with van der Waals surface area (Å²) >= 11 is 3.39. The number of hydrogen-bond acceptors (Lipinski definition) is 2. The van der Waals surface area contributed by atoms with Gasteiger partial charge in [0.1, 0.15) is 5.82 Å². The molecule has 0 fully saturated rings. The molecule has 0 spiro atoms. The molecule has 3 N–H and O–H groups in total. The minimum Gasteiger partial charge on any atom is -0.397 e. The zero-order valence-electron chi connectivity index (χ0n) is 11.6. The molecule has 0 aromatic heterocycles. The lowest BCUT2D eigenvalue weighted by Crippen LogP contribution is -2.29. The third-order valence-corrected chi connectivity index (χ3v) is 3.83. The fourth-order valence-electron chi connectivity index (χ4n) is 2.09. The van der Waals surface area contributed by atoms with Gasteiger partial charge in [-0.25, -0.2) is 4.39 Å². The number of para-hydroxylation sites is 2. The van der Waals surface area contributed by atoms with Crippen LogP contribution in [0.5, 0.6) is 0 Å². The Kier molecular flexibility index (Phi) is 4.33. The van der Waals surface area contributed by atoms with Crippen LogP contribution < -0.4 is 11.1 Å². The molecule has 0 bridgehead atoms. The molecule has 20 heavy (non-hydrogen) atoms. The van der Waals surface area contributed by atoms with E-state index in [4.69, 9.17) is 5.73 Å². The normalized spacial score (nSPS) is 11.4. The maximum Gasteiger partial charge on any atom is 0.127 e. The zero-order chi connectivity index (χ0) is 14.8. The predicted molar refractivity (Wildman–Crippen MR) is 86.5 cm³/mol. The van der Waals surface area contributed by atoms with E-state index in [2.05, 4.69) is 21.2 Å². The molecule has 106 valence electrons. The monoisotopic (exact) mass is 336 g/mol. The highest BCUT2D eigenvalue weighted by Crippen LogP contribution is 2.29. The molecule has 2 aromatic carbocycles. The molecule has 2 rings (SSSR count). The van der Waals surface area contributed by atoms with Crippen LogP contribution in [0.4, 0.5) is 15.8 Å². The summed E-state index contributed by atoms with van der Waals surface area (Å²) in [7, 11) is 0. The van der Waals surface area contributed by atoms with E-state index in [0.717, 1.165) is 10.2 Å². The topological polar surface area (TPSA) is 38.0 Å². The first-order chi connectivity index (χ1) is 9.40. The Morgan fingerprint density at radius 2 is 1.90 bits per heavy atom. The third-order valence-electron chi connectivity index (χ3n) is 3.34. The van der Waals surface area contributed by atoms with Gasteiger partial charge in [0.25, 0.3) is 0 Å². The quantitative estimate of drug-likeness (QED) is 0.803. The van der Waals surface area contributed by atoms with Gasteiger partial charge in [0.05, 0.1) is 11.4 Å². The van der Waals surface area contributed by atoms with Gasteiger partial charge in [0.15, 0.2) is 0 Å². The van der Waals surface area contributed by atoms with Crippen LogP contribution in [0.25, 0.3) is 0 Å². The van der Waals surface area contributed by atoms with Gasteiger partial charge in [0, 0.05) is 16.4 Å². The lowest BCUT2D eigenvalue weighted by atomic mass is 9.84. The molecule has 2 nitrogen and oxygen atoms in total. The zero-order valence-corrected chi connectivity index (χ0v) is 13.2. The maximum absolute atomic E-state index is 14.0. The first-order valence-corrected chi connectivity index (χ1v) is 7.23. The van der Waals surface area contributed by atoms with Gasteiger partial charge >= 0.3 is 0 Å². The first-order valence-electron chi connectivity index (χ1n) is 6.44. The largest absolute Gasteiger partial charge is 0.397 e. The Labute approximate surface area is 127 Å². The van der Waals surface area contributed by atoms with Gasteiger partial charge in [-0.05, 0) is 35.9 Å². The van der Waals surface area contributed by atoms with E-state index in [9.17, 15) is 4.39 Å². The maximum atomic E-state index is 14.0. The standard InChI is InChI=1S/C16H18BrFN2/c1-16(2,12-9-11(17)7-8-13(12)18)10-20-15-6-4-3-5-14(15)19/h3-9,20H,10,19H2,1-2H3. The number of nitrogens with one attached hydrogen (secondary N) is 1. The molecule has 4 heteroatoms. The smallest absolute Gasteiger partial charge is 0.127 e. The summed E-state index contributed by atoms with van der Waals surface area (Å²) in [5.74, 6) is -0.193. The van der Waals surface area contributed by atoms with Gasteiger partial charge in [0.2, 0.25) is 0 Å². The summed E-state index contributed by atoms with van der Waals surface area (Å²) in [6.07, 6.45) is 0. The minimum atomic E-state index is -0.351. The molecule has 2 aromatic rings. The summed E-state index contributed by atoms with van der Waals surface area (Å²) < 4.78 is 14.9. The summed E-state index contributed by atoms with van der Waals surface area (Å²) in [5.41, 5.74) is 7.79. The lowest BCUT2D eigenvalue weighted by molar-refractivity contribution is 0.504. The van der Waals surface area contributed by atoms with Crippen LogP contribution in [0.15, 0.2) is 46.9 Å². The number of halogens is 2. The fourth-order valence-corrected chi connectivity index (χ4v) is 2.45. The van der Waals surface area contributed by atoms with Gasteiger partial charge in [-0.2, -0.15) is 0 Å². The number of anilines is 2. The highest BCUT2D eigenvalue weighted by Gasteiger charge is 2.24. The number of hydrogen-bond donors (Lipinski definition) is 2. The highest BCUT2D eigenvalue weighted by atomic mass is 79.9. The molecule has 0 saturated carbocycles. The Morgan fingerprint density at radius 3 is 2.60 bits per heavy atom. The first kappa shape index (κ1) is 14.9. The van der Waals surface area contributed by atoms with E-state index in [0.29, 0.717) is 17.8 Å². The van der Waals surface area contributed by atoms with E-state index < -0.39 is 0 Å². The van der Waals surface area contributed by atoms with Crippen molar-refractivity contribution in [3.05, 3.63) is 58.3 Å². The fraction of sp³-hybridized carbons (Fsp3) is 0.250. The molecular weight excluding hydrogens is 319 g/mol. The second-order valence-corrected chi connectivity index (χ2v) is 6.36. The van der Waals surface area contributed by atoms with E-state index >= 15 is 0 Å². The Morgan fingerprint density at radius 1 is 1.20 bits per heavy atom. The van der Waals surface area contributed by atoms with Crippen molar-refractivity contribution in [2.75, 3.05) is 17.6 Å². The van der Waals surface area contributed by atoms with E-state index in [-0.39, 0.29) is 11.2 Å². The summed E-state index contributed by atoms with van der Waals surface area (Å²) in [4.78, 5) is 0. The van der Waals surface area contributed by atoms with Gasteiger partial charge in [-0.3, -0.25) is 0 Å². The molecule has 0 atom stereocenters. The molecule has 0 amide bonds. The van der Waals surface area contributed by atoms with Crippen molar-refractivity contribution in [1.82, 2.24) is 0 Å². The number of nitrogen functional groups attached to an aromatic ring is 1. The SMILES string of the molecule is CC(C)(CNc1ccccc1N)c1cc(Br)ccc1F. The van der Waals surface area contributed by atoms with Gasteiger partial charge < -0.3 is 11.1 Å². The predicted octanol–water partition coefficient (Wildman–Crippen LogP) is 4.56. The van der Waals surface area contributed by atoms with Crippen LogP contribution >= 0.6 is 15.9 Å². The lowest BCUT2D eigenvalue weighted by Gasteiger charge is -2.27. The molecule has 0 radical (unpaired) electrons. The highest BCUT2D eigenvalue weighted by molar-refractivity contribution is 9.10.